The summed E-state index contributed by atoms with van der Waals surface area (Å²) in [5.41, 5.74) is 3.37. The molecule has 0 spiro atoms. The Kier molecular flexibility index (Phi) is 5.26. The first kappa shape index (κ1) is 17.3. The van der Waals surface area contributed by atoms with Crippen molar-refractivity contribution in [3.63, 3.8) is 0 Å². The van der Waals surface area contributed by atoms with E-state index in [4.69, 9.17) is 4.74 Å². The highest BCUT2D eigenvalue weighted by molar-refractivity contribution is 5.73. The number of amides is 2. The van der Waals surface area contributed by atoms with E-state index >= 15 is 0 Å². The maximum Gasteiger partial charge on any atom is 0.314 e. The number of aromatic nitrogens is 2. The van der Waals surface area contributed by atoms with Gasteiger partial charge in [0.1, 0.15) is 11.9 Å². The van der Waals surface area contributed by atoms with Crippen molar-refractivity contribution in [2.45, 2.75) is 39.8 Å². The topological polar surface area (TPSA) is 68.2 Å². The Bertz CT molecular complexity index is 716. The lowest BCUT2D eigenvalue weighted by Gasteiger charge is -2.16. The molecule has 0 saturated heterocycles. The van der Waals surface area contributed by atoms with Crippen LogP contribution in [0.25, 0.3) is 0 Å². The van der Waals surface area contributed by atoms with Crippen molar-refractivity contribution in [2.75, 3.05) is 13.1 Å². The molecule has 1 aliphatic rings. The van der Waals surface area contributed by atoms with Gasteiger partial charge in [-0.15, -0.1) is 0 Å². The number of para-hydroxylation sites is 1. The van der Waals surface area contributed by atoms with Crippen molar-refractivity contribution >= 4 is 6.03 Å². The Morgan fingerprint density at radius 1 is 1.36 bits per heavy atom. The lowest BCUT2D eigenvalue weighted by Crippen LogP contribution is -2.42. The number of hydrogen-bond acceptors (Lipinski definition) is 3. The minimum Gasteiger partial charge on any atom is -0.488 e. The van der Waals surface area contributed by atoms with Crippen molar-refractivity contribution in [2.24, 2.45) is 5.92 Å². The molecular formula is C19H26N4O2. The summed E-state index contributed by atoms with van der Waals surface area (Å²) in [4.78, 5) is 12.0. The van der Waals surface area contributed by atoms with E-state index in [0.717, 1.165) is 30.1 Å². The molecule has 25 heavy (non-hydrogen) atoms. The molecule has 2 atom stereocenters. The van der Waals surface area contributed by atoms with Gasteiger partial charge in [-0.05, 0) is 37.5 Å². The zero-order chi connectivity index (χ0) is 17.8. The zero-order valence-electron chi connectivity index (χ0n) is 15.1. The summed E-state index contributed by atoms with van der Waals surface area (Å²) in [5.74, 6) is 1.23. The molecule has 0 fully saturated rings. The van der Waals surface area contributed by atoms with E-state index in [0.29, 0.717) is 19.0 Å². The number of rotatable bonds is 6. The van der Waals surface area contributed by atoms with Gasteiger partial charge in [0.25, 0.3) is 0 Å². The van der Waals surface area contributed by atoms with Gasteiger partial charge in [-0.25, -0.2) is 4.79 Å². The van der Waals surface area contributed by atoms with Crippen LogP contribution in [0.3, 0.4) is 0 Å². The highest BCUT2D eigenvalue weighted by atomic mass is 16.5. The van der Waals surface area contributed by atoms with Crippen LogP contribution in [0.2, 0.25) is 0 Å². The fourth-order valence-electron chi connectivity index (χ4n) is 3.12. The summed E-state index contributed by atoms with van der Waals surface area (Å²) in [6, 6.07) is 9.92. The van der Waals surface area contributed by atoms with Gasteiger partial charge in [-0.2, -0.15) is 5.10 Å². The van der Waals surface area contributed by atoms with Crippen molar-refractivity contribution in [1.29, 1.82) is 0 Å². The molecule has 1 aromatic heterocycles. The lowest BCUT2D eigenvalue weighted by atomic mass is 10.1. The van der Waals surface area contributed by atoms with Crippen LogP contribution in [0.4, 0.5) is 4.79 Å². The van der Waals surface area contributed by atoms with E-state index < -0.39 is 0 Å². The number of fused-ring (bicyclic) bond motifs is 1. The van der Waals surface area contributed by atoms with Crippen molar-refractivity contribution in [1.82, 2.24) is 20.4 Å². The number of ether oxygens (including phenoxy) is 1. The normalized spacial score (nSPS) is 16.8. The summed E-state index contributed by atoms with van der Waals surface area (Å²) in [5, 5.41) is 10.3. The molecule has 1 aromatic carbocycles. The van der Waals surface area contributed by atoms with Crippen molar-refractivity contribution < 1.29 is 9.53 Å². The van der Waals surface area contributed by atoms with E-state index in [1.54, 1.807) is 0 Å². The molecular weight excluding hydrogens is 316 g/mol. The lowest BCUT2D eigenvalue weighted by molar-refractivity contribution is 0.213. The Morgan fingerprint density at radius 3 is 2.88 bits per heavy atom. The zero-order valence-corrected chi connectivity index (χ0v) is 15.1. The Hall–Kier alpha value is -2.50. The molecule has 6 heteroatoms. The molecule has 2 amide bonds. The number of carbonyl (C=O) groups is 1. The molecule has 2 heterocycles. The van der Waals surface area contributed by atoms with Crippen molar-refractivity contribution in [3.05, 3.63) is 47.3 Å². The highest BCUT2D eigenvalue weighted by Crippen LogP contribution is 2.27. The minimum atomic E-state index is -0.153. The maximum atomic E-state index is 12.0. The van der Waals surface area contributed by atoms with E-state index in [2.05, 4.69) is 34.8 Å². The predicted octanol–water partition coefficient (Wildman–Crippen LogP) is 2.44. The van der Waals surface area contributed by atoms with Crippen LogP contribution in [0, 0.1) is 19.8 Å². The van der Waals surface area contributed by atoms with E-state index in [1.165, 1.54) is 5.56 Å². The largest absolute Gasteiger partial charge is 0.488 e. The van der Waals surface area contributed by atoms with Crippen LogP contribution >= 0.6 is 0 Å². The van der Waals surface area contributed by atoms with Crippen LogP contribution in [0.5, 0.6) is 5.75 Å². The van der Waals surface area contributed by atoms with Crippen LogP contribution in [-0.2, 0) is 13.0 Å². The first-order valence-electron chi connectivity index (χ1n) is 8.78. The van der Waals surface area contributed by atoms with Gasteiger partial charge in [0.2, 0.25) is 0 Å². The predicted molar refractivity (Wildman–Crippen MR) is 96.8 cm³/mol. The standard InChI is InChI=1S/C19H26N4O2/c1-13(12-23-15(3)8-14(2)22-23)10-20-19(24)21-11-17-9-16-6-4-5-7-18(16)25-17/h4-8,13,17H,9-12H2,1-3H3,(H2,20,21,24)/t13-,17-/m1/s1. The second-order valence-corrected chi connectivity index (χ2v) is 6.86. The molecule has 2 aromatic rings. The third-order valence-corrected chi connectivity index (χ3v) is 4.40. The molecule has 2 N–H and O–H groups in total. The average Bonchev–Trinajstić information content (AvgIpc) is 3.13. The van der Waals surface area contributed by atoms with Gasteiger partial charge >= 0.3 is 6.03 Å². The number of benzene rings is 1. The smallest absolute Gasteiger partial charge is 0.314 e. The summed E-state index contributed by atoms with van der Waals surface area (Å²) < 4.78 is 7.81. The second-order valence-electron chi connectivity index (χ2n) is 6.86. The van der Waals surface area contributed by atoms with Crippen LogP contribution in [0.15, 0.2) is 30.3 Å². The molecule has 0 bridgehead atoms. The van der Waals surface area contributed by atoms with Gasteiger partial charge in [0.15, 0.2) is 0 Å². The monoisotopic (exact) mass is 342 g/mol. The van der Waals surface area contributed by atoms with Gasteiger partial charge < -0.3 is 15.4 Å². The quantitative estimate of drug-likeness (QED) is 0.847. The minimum absolute atomic E-state index is 0.00951. The number of aryl methyl sites for hydroxylation is 2. The van der Waals surface area contributed by atoms with E-state index in [9.17, 15) is 4.79 Å². The first-order valence-corrected chi connectivity index (χ1v) is 8.78. The molecule has 3 rings (SSSR count). The summed E-state index contributed by atoms with van der Waals surface area (Å²) in [6.45, 7) is 8.05. The molecule has 134 valence electrons. The molecule has 0 aliphatic carbocycles. The van der Waals surface area contributed by atoms with Crippen molar-refractivity contribution in [3.8, 4) is 5.75 Å². The SMILES string of the molecule is Cc1cc(C)n(C[C@H](C)CNC(=O)NC[C@H]2Cc3ccccc3O2)n1. The van der Waals surface area contributed by atoms with E-state index in [1.807, 2.05) is 36.7 Å². The highest BCUT2D eigenvalue weighted by Gasteiger charge is 2.22. The number of hydrogen-bond donors (Lipinski definition) is 2. The molecule has 0 saturated carbocycles. The number of nitrogens with one attached hydrogen (secondary N) is 2. The first-order chi connectivity index (χ1) is 12.0. The Labute approximate surface area is 148 Å². The third kappa shape index (κ3) is 4.53. The fourth-order valence-corrected chi connectivity index (χ4v) is 3.12. The van der Waals surface area contributed by atoms with Gasteiger partial charge in [0, 0.05) is 25.2 Å². The molecule has 1 aliphatic heterocycles. The fraction of sp³-hybridized carbons (Fsp3) is 0.474. The van der Waals surface area contributed by atoms with Crippen LogP contribution in [0.1, 0.15) is 23.9 Å². The second kappa shape index (κ2) is 7.59. The van der Waals surface area contributed by atoms with E-state index in [-0.39, 0.29) is 12.1 Å². The summed E-state index contributed by atoms with van der Waals surface area (Å²) in [6.07, 6.45) is 0.848. The summed E-state index contributed by atoms with van der Waals surface area (Å²) >= 11 is 0. The third-order valence-electron chi connectivity index (χ3n) is 4.40. The number of urea groups is 1. The Morgan fingerprint density at radius 2 is 2.16 bits per heavy atom. The average molecular weight is 342 g/mol. The summed E-state index contributed by atoms with van der Waals surface area (Å²) in [7, 11) is 0. The van der Waals surface area contributed by atoms with Crippen LogP contribution in [-0.4, -0.2) is 35.0 Å². The molecule has 0 radical (unpaired) electrons. The van der Waals surface area contributed by atoms with Gasteiger partial charge in [-0.3, -0.25) is 4.68 Å². The Balaban J connectivity index is 1.36. The molecule has 6 nitrogen and oxygen atoms in total. The molecule has 0 unspecified atom stereocenters. The number of nitrogens with zero attached hydrogens (tertiary/aromatic N) is 2. The van der Waals surface area contributed by atoms with Crippen LogP contribution < -0.4 is 15.4 Å². The van der Waals surface area contributed by atoms with Gasteiger partial charge in [-0.1, -0.05) is 25.1 Å². The van der Waals surface area contributed by atoms with Gasteiger partial charge in [0.05, 0.1) is 12.2 Å². The number of carbonyl (C=O) groups excluding carboxylic acids is 1. The maximum absolute atomic E-state index is 12.0.